The SMILES string of the molecule is Cc1cc(OC(C)CN)c(F)cc1[N+](=O)[O-]. The van der Waals surface area contributed by atoms with Crippen LogP contribution >= 0.6 is 0 Å². The topological polar surface area (TPSA) is 78.4 Å². The second-order valence-electron chi connectivity index (χ2n) is 3.49. The van der Waals surface area contributed by atoms with Gasteiger partial charge in [0.05, 0.1) is 11.0 Å². The Kier molecular flexibility index (Phi) is 3.78. The van der Waals surface area contributed by atoms with Gasteiger partial charge in [-0.25, -0.2) is 4.39 Å². The third-order valence-corrected chi connectivity index (χ3v) is 2.11. The van der Waals surface area contributed by atoms with E-state index < -0.39 is 10.7 Å². The van der Waals surface area contributed by atoms with Crippen molar-refractivity contribution >= 4 is 5.69 Å². The summed E-state index contributed by atoms with van der Waals surface area (Å²) in [4.78, 5) is 9.91. The molecule has 0 amide bonds. The van der Waals surface area contributed by atoms with Gasteiger partial charge in [0.25, 0.3) is 5.69 Å². The van der Waals surface area contributed by atoms with Crippen LogP contribution in [0.25, 0.3) is 0 Å². The Bertz CT molecular complexity index is 409. The fourth-order valence-electron chi connectivity index (χ4n) is 1.20. The van der Waals surface area contributed by atoms with Crippen LogP contribution in [0.15, 0.2) is 12.1 Å². The van der Waals surface area contributed by atoms with E-state index in [1.165, 1.54) is 13.0 Å². The number of nitro groups is 1. The van der Waals surface area contributed by atoms with Crippen LogP contribution in [0.5, 0.6) is 5.75 Å². The van der Waals surface area contributed by atoms with Crippen LogP contribution in [-0.2, 0) is 0 Å². The molecule has 1 aromatic carbocycles. The smallest absolute Gasteiger partial charge is 0.275 e. The quantitative estimate of drug-likeness (QED) is 0.629. The third kappa shape index (κ3) is 2.66. The summed E-state index contributed by atoms with van der Waals surface area (Å²) in [7, 11) is 0. The number of nitro benzene ring substituents is 1. The van der Waals surface area contributed by atoms with E-state index >= 15 is 0 Å². The highest BCUT2D eigenvalue weighted by molar-refractivity contribution is 5.45. The van der Waals surface area contributed by atoms with Crippen molar-refractivity contribution in [3.8, 4) is 5.75 Å². The number of ether oxygens (including phenoxy) is 1. The standard InChI is InChI=1S/C10H13FN2O3/c1-6-3-10(16-7(2)5-12)8(11)4-9(6)13(14)15/h3-4,7H,5,12H2,1-2H3. The first kappa shape index (κ1) is 12.4. The maximum Gasteiger partial charge on any atom is 0.275 e. The van der Waals surface area contributed by atoms with Crippen molar-refractivity contribution in [1.29, 1.82) is 0 Å². The van der Waals surface area contributed by atoms with E-state index in [2.05, 4.69) is 0 Å². The molecule has 0 bridgehead atoms. The fourth-order valence-corrected chi connectivity index (χ4v) is 1.20. The van der Waals surface area contributed by atoms with Gasteiger partial charge in [0, 0.05) is 12.1 Å². The summed E-state index contributed by atoms with van der Waals surface area (Å²) in [5, 5.41) is 10.5. The molecule has 88 valence electrons. The molecule has 0 aliphatic rings. The molecule has 5 nitrogen and oxygen atoms in total. The van der Waals surface area contributed by atoms with Gasteiger partial charge in [0.2, 0.25) is 0 Å². The second-order valence-corrected chi connectivity index (χ2v) is 3.49. The number of benzene rings is 1. The van der Waals surface area contributed by atoms with Gasteiger partial charge in [0.1, 0.15) is 6.10 Å². The molecule has 0 aliphatic carbocycles. The molecule has 0 heterocycles. The van der Waals surface area contributed by atoms with Gasteiger partial charge in [-0.2, -0.15) is 0 Å². The highest BCUT2D eigenvalue weighted by Gasteiger charge is 2.17. The van der Waals surface area contributed by atoms with E-state index in [-0.39, 0.29) is 24.1 Å². The van der Waals surface area contributed by atoms with Crippen LogP contribution in [0, 0.1) is 22.9 Å². The van der Waals surface area contributed by atoms with Gasteiger partial charge in [-0.3, -0.25) is 10.1 Å². The number of nitrogens with zero attached hydrogens (tertiary/aromatic N) is 1. The fraction of sp³-hybridized carbons (Fsp3) is 0.400. The van der Waals surface area contributed by atoms with Gasteiger partial charge in [-0.05, 0) is 19.9 Å². The van der Waals surface area contributed by atoms with Crippen LogP contribution in [0.1, 0.15) is 12.5 Å². The molecule has 0 radical (unpaired) electrons. The van der Waals surface area contributed by atoms with Crippen LogP contribution in [0.2, 0.25) is 0 Å². The zero-order chi connectivity index (χ0) is 12.3. The van der Waals surface area contributed by atoms with Gasteiger partial charge in [-0.15, -0.1) is 0 Å². The molecule has 0 fully saturated rings. The average Bonchev–Trinajstić information content (AvgIpc) is 2.22. The molecule has 1 unspecified atom stereocenters. The Balaban J connectivity index is 3.05. The summed E-state index contributed by atoms with van der Waals surface area (Å²) < 4.78 is 18.6. The number of aryl methyl sites for hydroxylation is 1. The summed E-state index contributed by atoms with van der Waals surface area (Å²) >= 11 is 0. The largest absolute Gasteiger partial charge is 0.486 e. The first-order valence-electron chi connectivity index (χ1n) is 4.77. The molecular weight excluding hydrogens is 215 g/mol. The lowest BCUT2D eigenvalue weighted by molar-refractivity contribution is -0.385. The highest BCUT2D eigenvalue weighted by Crippen LogP contribution is 2.27. The van der Waals surface area contributed by atoms with Crippen molar-refractivity contribution in [2.45, 2.75) is 20.0 Å². The van der Waals surface area contributed by atoms with Gasteiger partial charge in [0.15, 0.2) is 11.6 Å². The first-order chi connectivity index (χ1) is 7.45. The summed E-state index contributed by atoms with van der Waals surface area (Å²) in [5.41, 5.74) is 5.42. The molecule has 1 rings (SSSR count). The molecule has 0 aromatic heterocycles. The van der Waals surface area contributed by atoms with E-state index in [4.69, 9.17) is 10.5 Å². The van der Waals surface area contributed by atoms with E-state index in [0.29, 0.717) is 5.56 Å². The van der Waals surface area contributed by atoms with E-state index in [9.17, 15) is 14.5 Å². The Morgan fingerprint density at radius 1 is 1.62 bits per heavy atom. The minimum Gasteiger partial charge on any atom is -0.486 e. The Morgan fingerprint density at radius 2 is 2.25 bits per heavy atom. The molecule has 16 heavy (non-hydrogen) atoms. The lowest BCUT2D eigenvalue weighted by atomic mass is 10.2. The Morgan fingerprint density at radius 3 is 2.75 bits per heavy atom. The van der Waals surface area contributed by atoms with Gasteiger partial charge in [-0.1, -0.05) is 0 Å². The zero-order valence-corrected chi connectivity index (χ0v) is 9.07. The predicted octanol–water partition coefficient (Wildman–Crippen LogP) is 1.77. The molecule has 1 atom stereocenters. The van der Waals surface area contributed by atoms with E-state index in [1.54, 1.807) is 6.92 Å². The van der Waals surface area contributed by atoms with Crippen LogP contribution < -0.4 is 10.5 Å². The monoisotopic (exact) mass is 228 g/mol. The molecule has 0 saturated heterocycles. The highest BCUT2D eigenvalue weighted by atomic mass is 19.1. The molecule has 1 aromatic rings. The maximum atomic E-state index is 13.4. The molecular formula is C10H13FN2O3. The minimum atomic E-state index is -0.752. The Hall–Kier alpha value is -1.69. The predicted molar refractivity (Wildman–Crippen MR) is 56.9 cm³/mol. The molecule has 0 aliphatic heterocycles. The molecule has 6 heteroatoms. The molecule has 2 N–H and O–H groups in total. The number of rotatable bonds is 4. The van der Waals surface area contributed by atoms with Gasteiger partial charge < -0.3 is 10.5 Å². The van der Waals surface area contributed by atoms with Crippen LogP contribution in [0.3, 0.4) is 0 Å². The zero-order valence-electron chi connectivity index (χ0n) is 9.07. The Labute approximate surface area is 92.2 Å². The number of nitrogens with two attached hydrogens (primary N) is 1. The maximum absolute atomic E-state index is 13.4. The third-order valence-electron chi connectivity index (χ3n) is 2.11. The average molecular weight is 228 g/mol. The van der Waals surface area contributed by atoms with Crippen molar-refractivity contribution in [3.05, 3.63) is 33.6 Å². The lowest BCUT2D eigenvalue weighted by Gasteiger charge is -2.13. The molecule has 0 saturated carbocycles. The lowest BCUT2D eigenvalue weighted by Crippen LogP contribution is -2.23. The van der Waals surface area contributed by atoms with Crippen molar-refractivity contribution in [1.82, 2.24) is 0 Å². The number of halogens is 1. The summed E-state index contributed by atoms with van der Waals surface area (Å²) in [6.07, 6.45) is -0.338. The van der Waals surface area contributed by atoms with E-state index in [1.807, 2.05) is 0 Å². The number of hydrogen-bond acceptors (Lipinski definition) is 4. The van der Waals surface area contributed by atoms with Crippen LogP contribution in [0.4, 0.5) is 10.1 Å². The van der Waals surface area contributed by atoms with Crippen molar-refractivity contribution < 1.29 is 14.1 Å². The summed E-state index contributed by atoms with van der Waals surface area (Å²) in [6.45, 7) is 3.46. The number of hydrogen-bond donors (Lipinski definition) is 1. The van der Waals surface area contributed by atoms with Crippen molar-refractivity contribution in [3.63, 3.8) is 0 Å². The second kappa shape index (κ2) is 4.89. The van der Waals surface area contributed by atoms with E-state index in [0.717, 1.165) is 6.07 Å². The normalized spacial score (nSPS) is 12.2. The van der Waals surface area contributed by atoms with Gasteiger partial charge >= 0.3 is 0 Å². The van der Waals surface area contributed by atoms with Crippen molar-refractivity contribution in [2.24, 2.45) is 5.73 Å². The first-order valence-corrected chi connectivity index (χ1v) is 4.77. The van der Waals surface area contributed by atoms with Crippen molar-refractivity contribution in [2.75, 3.05) is 6.54 Å². The summed E-state index contributed by atoms with van der Waals surface area (Å²) in [6, 6.07) is 2.16. The minimum absolute atomic E-state index is 0.0129. The van der Waals surface area contributed by atoms with Crippen LogP contribution in [-0.4, -0.2) is 17.6 Å². The molecule has 0 spiro atoms. The summed E-state index contributed by atoms with van der Waals surface area (Å²) in [5.74, 6) is -0.765.